The molecule has 1 aromatic rings. The number of sulfonamides is 1. The molecule has 0 aromatic heterocycles. The number of benzene rings is 1. The zero-order valence-corrected chi connectivity index (χ0v) is 17.7. The van der Waals surface area contributed by atoms with Crippen molar-refractivity contribution in [3.8, 4) is 5.75 Å². The van der Waals surface area contributed by atoms with E-state index in [4.69, 9.17) is 4.74 Å². The summed E-state index contributed by atoms with van der Waals surface area (Å²) in [4.78, 5) is 16.7. The van der Waals surface area contributed by atoms with Crippen LogP contribution in [0.15, 0.2) is 17.0 Å². The van der Waals surface area contributed by atoms with E-state index in [2.05, 4.69) is 9.62 Å². The van der Waals surface area contributed by atoms with Crippen molar-refractivity contribution in [3.05, 3.63) is 17.7 Å². The Labute approximate surface area is 172 Å². The number of piperidine rings is 3. The summed E-state index contributed by atoms with van der Waals surface area (Å²) in [6.45, 7) is 3.01. The van der Waals surface area contributed by atoms with Crippen molar-refractivity contribution in [3.63, 3.8) is 0 Å². The minimum absolute atomic E-state index is 0.0667. The number of carbonyl (C=O) groups is 1. The maximum absolute atomic E-state index is 12.7. The molecule has 158 valence electrons. The molecule has 3 unspecified atom stereocenters. The number of nitrogens with zero attached hydrogens (tertiary/aromatic N) is 2. The highest BCUT2D eigenvalue weighted by Crippen LogP contribution is 2.50. The first-order valence-corrected chi connectivity index (χ1v) is 12.2. The van der Waals surface area contributed by atoms with Gasteiger partial charge in [0, 0.05) is 12.1 Å². The van der Waals surface area contributed by atoms with E-state index in [9.17, 15) is 13.2 Å². The van der Waals surface area contributed by atoms with Crippen LogP contribution in [0.25, 0.3) is 0 Å². The van der Waals surface area contributed by atoms with Gasteiger partial charge in [-0.15, -0.1) is 0 Å². The van der Waals surface area contributed by atoms with Crippen LogP contribution < -0.4 is 14.4 Å². The number of amides is 1. The Morgan fingerprint density at radius 3 is 2.66 bits per heavy atom. The minimum Gasteiger partial charge on any atom is -0.488 e. The molecule has 1 amide bonds. The largest absolute Gasteiger partial charge is 0.488 e. The predicted molar refractivity (Wildman–Crippen MR) is 110 cm³/mol. The third-order valence-electron chi connectivity index (χ3n) is 7.37. The summed E-state index contributed by atoms with van der Waals surface area (Å²) in [5.41, 5.74) is 1.57. The van der Waals surface area contributed by atoms with E-state index >= 15 is 0 Å². The van der Waals surface area contributed by atoms with Crippen molar-refractivity contribution in [2.75, 3.05) is 31.6 Å². The summed E-state index contributed by atoms with van der Waals surface area (Å²) in [6, 6.07) is 3.46. The van der Waals surface area contributed by atoms with Crippen LogP contribution in [0, 0.1) is 5.92 Å². The highest BCUT2D eigenvalue weighted by Gasteiger charge is 2.41. The Hall–Kier alpha value is -1.64. The second kappa shape index (κ2) is 7.25. The van der Waals surface area contributed by atoms with E-state index < -0.39 is 10.0 Å². The van der Waals surface area contributed by atoms with Crippen LogP contribution in [0.4, 0.5) is 5.69 Å². The molecule has 0 spiro atoms. The van der Waals surface area contributed by atoms with Gasteiger partial charge in [-0.25, -0.2) is 13.1 Å². The van der Waals surface area contributed by atoms with Crippen LogP contribution in [0.3, 0.4) is 0 Å². The Bertz CT molecular complexity index is 911. The molecule has 3 atom stereocenters. The molecule has 8 heteroatoms. The van der Waals surface area contributed by atoms with Crippen LogP contribution in [-0.2, 0) is 14.8 Å². The lowest BCUT2D eigenvalue weighted by Crippen LogP contribution is -2.57. The van der Waals surface area contributed by atoms with Gasteiger partial charge in [0.2, 0.25) is 16.4 Å². The molecule has 6 rings (SSSR count). The van der Waals surface area contributed by atoms with Crippen LogP contribution in [0.2, 0.25) is 0 Å². The Morgan fingerprint density at radius 1 is 1.21 bits per heavy atom. The molecule has 3 saturated heterocycles. The molecular formula is C21H29N3O4S. The number of anilines is 1. The minimum atomic E-state index is -3.62. The van der Waals surface area contributed by atoms with E-state index in [1.54, 1.807) is 17.0 Å². The van der Waals surface area contributed by atoms with E-state index in [-0.39, 0.29) is 17.0 Å². The molecule has 1 saturated carbocycles. The number of fused-ring (bicyclic) bond motifs is 7. The Balaban J connectivity index is 1.64. The van der Waals surface area contributed by atoms with Crippen LogP contribution >= 0.6 is 0 Å². The van der Waals surface area contributed by atoms with Crippen LogP contribution in [0.5, 0.6) is 5.75 Å². The number of hydrogen-bond donors (Lipinski definition) is 1. The van der Waals surface area contributed by atoms with Crippen molar-refractivity contribution in [1.29, 1.82) is 0 Å². The maximum Gasteiger partial charge on any atom is 0.240 e. The second-order valence-electron chi connectivity index (χ2n) is 8.89. The number of hydrogen-bond acceptors (Lipinski definition) is 5. The third kappa shape index (κ3) is 3.25. The fourth-order valence-corrected chi connectivity index (χ4v) is 6.55. The third-order valence-corrected chi connectivity index (χ3v) is 8.77. The van der Waals surface area contributed by atoms with Crippen molar-refractivity contribution < 1.29 is 17.9 Å². The van der Waals surface area contributed by atoms with Crippen LogP contribution in [0.1, 0.15) is 50.0 Å². The SMILES string of the molecule is CNS(=O)(=O)c1cc2c(c(N(C=O)C3CN4CCC3CC4)c1)OC1CCCC2C1. The van der Waals surface area contributed by atoms with Gasteiger partial charge in [-0.2, -0.15) is 0 Å². The first kappa shape index (κ1) is 19.3. The number of ether oxygens (including phenoxy) is 1. The van der Waals surface area contributed by atoms with Crippen molar-refractivity contribution in [2.24, 2.45) is 5.92 Å². The topological polar surface area (TPSA) is 79.0 Å². The zero-order valence-electron chi connectivity index (χ0n) is 16.8. The van der Waals surface area contributed by atoms with Gasteiger partial charge in [-0.3, -0.25) is 4.79 Å². The van der Waals surface area contributed by atoms with Gasteiger partial charge in [0.15, 0.2) is 0 Å². The first-order valence-electron chi connectivity index (χ1n) is 10.7. The van der Waals surface area contributed by atoms with E-state index in [0.29, 0.717) is 17.5 Å². The molecule has 29 heavy (non-hydrogen) atoms. The maximum atomic E-state index is 12.7. The summed E-state index contributed by atoms with van der Waals surface area (Å²) in [6.07, 6.45) is 7.28. The molecule has 1 aromatic carbocycles. The summed E-state index contributed by atoms with van der Waals surface area (Å²) in [5.74, 6) is 1.47. The van der Waals surface area contributed by atoms with Crippen LogP contribution in [-0.4, -0.2) is 58.6 Å². The first-order chi connectivity index (χ1) is 14.0. The highest BCUT2D eigenvalue weighted by molar-refractivity contribution is 7.89. The molecule has 1 N–H and O–H groups in total. The number of carbonyl (C=O) groups excluding carboxylic acids is 1. The molecule has 0 radical (unpaired) electrons. The summed E-state index contributed by atoms with van der Waals surface area (Å²) < 4.78 is 34.1. The molecule has 7 nitrogen and oxygen atoms in total. The van der Waals surface area contributed by atoms with E-state index in [0.717, 1.165) is 75.9 Å². The highest BCUT2D eigenvalue weighted by atomic mass is 32.2. The summed E-state index contributed by atoms with van der Waals surface area (Å²) in [5, 5.41) is 0. The fourth-order valence-electron chi connectivity index (χ4n) is 5.77. The van der Waals surface area contributed by atoms with E-state index in [1.165, 1.54) is 7.05 Å². The van der Waals surface area contributed by atoms with Gasteiger partial charge in [0.1, 0.15) is 5.75 Å². The van der Waals surface area contributed by atoms with E-state index in [1.807, 2.05) is 0 Å². The zero-order chi connectivity index (χ0) is 20.2. The molecule has 4 fully saturated rings. The standard InChI is InChI=1S/C21H29N3O4S/c1-22-29(26,27)17-10-18-15-3-2-4-16(9-15)28-21(18)19(11-17)24(13-25)20-12-23-7-5-14(20)6-8-23/h10-11,13-16,20,22H,2-9,12H2,1H3. The van der Waals surface area contributed by atoms with Gasteiger partial charge < -0.3 is 14.5 Å². The summed E-state index contributed by atoms with van der Waals surface area (Å²) in [7, 11) is -2.20. The van der Waals surface area contributed by atoms with Gasteiger partial charge in [0.05, 0.1) is 22.7 Å². The van der Waals surface area contributed by atoms with Gasteiger partial charge in [-0.1, -0.05) is 0 Å². The normalized spacial score (nSPS) is 32.9. The second-order valence-corrected chi connectivity index (χ2v) is 10.8. The molecule has 1 aliphatic carbocycles. The average molecular weight is 420 g/mol. The van der Waals surface area contributed by atoms with Gasteiger partial charge in [0.25, 0.3) is 0 Å². The van der Waals surface area contributed by atoms with Crippen molar-refractivity contribution >= 4 is 22.1 Å². The van der Waals surface area contributed by atoms with Crippen molar-refractivity contribution in [1.82, 2.24) is 9.62 Å². The Morgan fingerprint density at radius 2 is 2.00 bits per heavy atom. The predicted octanol–water partition coefficient (Wildman–Crippen LogP) is 2.07. The number of rotatable bonds is 5. The smallest absolute Gasteiger partial charge is 0.240 e. The molecule has 4 bridgehead atoms. The summed E-state index contributed by atoms with van der Waals surface area (Å²) >= 11 is 0. The lowest BCUT2D eigenvalue weighted by Gasteiger charge is -2.48. The van der Waals surface area contributed by atoms with Gasteiger partial charge >= 0.3 is 0 Å². The molecule has 4 aliphatic heterocycles. The number of nitrogens with one attached hydrogen (secondary N) is 1. The lowest BCUT2D eigenvalue weighted by atomic mass is 9.79. The van der Waals surface area contributed by atoms with Crippen molar-refractivity contribution in [2.45, 2.75) is 61.5 Å². The lowest BCUT2D eigenvalue weighted by molar-refractivity contribution is -0.108. The molecule has 5 aliphatic rings. The molecule has 4 heterocycles. The molecular weight excluding hydrogens is 390 g/mol. The average Bonchev–Trinajstić information content (AvgIpc) is 2.75. The Kier molecular flexibility index (Phi) is 4.83. The fraction of sp³-hybridized carbons (Fsp3) is 0.667. The monoisotopic (exact) mass is 419 g/mol. The van der Waals surface area contributed by atoms with Gasteiger partial charge in [-0.05, 0) is 82.6 Å². The quantitative estimate of drug-likeness (QED) is 0.739.